The topological polar surface area (TPSA) is 139 Å². The van der Waals surface area contributed by atoms with E-state index in [1.54, 1.807) is 12.4 Å². The smallest absolute Gasteiger partial charge is 0.417 e. The van der Waals surface area contributed by atoms with Crippen molar-refractivity contribution in [1.29, 1.82) is 0 Å². The number of imidazole rings is 1. The number of aromatic amines is 1. The van der Waals surface area contributed by atoms with Gasteiger partial charge in [-0.3, -0.25) is 9.59 Å². The van der Waals surface area contributed by atoms with Crippen molar-refractivity contribution in [3.8, 4) is 17.2 Å². The van der Waals surface area contributed by atoms with Gasteiger partial charge in [-0.1, -0.05) is 18.2 Å². The molecule has 0 fully saturated rings. The number of nitrogens with zero attached hydrogens (tertiary/aromatic N) is 5. The molecular weight excluding hydrogens is 491 g/mol. The Kier molecular flexibility index (Phi) is 7.32. The summed E-state index contributed by atoms with van der Waals surface area (Å²) in [5, 5.41) is 16.1. The monoisotopic (exact) mass is 513 g/mol. The van der Waals surface area contributed by atoms with E-state index in [1.165, 1.54) is 36.7 Å². The number of rotatable bonds is 9. The molecule has 0 spiro atoms. The van der Waals surface area contributed by atoms with E-state index in [1.807, 2.05) is 6.92 Å². The van der Waals surface area contributed by atoms with E-state index in [0.717, 1.165) is 16.3 Å². The SMILES string of the molecule is Cc1cnc(CC[C@@H](CC(=O)O)NC(=O)c2cc(-c3ccccc3C(F)(F)F)n(-c3ncc[nH]3)n2)nc1. The van der Waals surface area contributed by atoms with Crippen molar-refractivity contribution in [3.05, 3.63) is 77.8 Å². The van der Waals surface area contributed by atoms with E-state index >= 15 is 0 Å². The molecule has 4 aromatic rings. The second kappa shape index (κ2) is 10.6. The Morgan fingerprint density at radius 1 is 1.16 bits per heavy atom. The summed E-state index contributed by atoms with van der Waals surface area (Å²) in [6.45, 7) is 1.83. The quantitative estimate of drug-likeness (QED) is 0.311. The average molecular weight is 513 g/mol. The predicted octanol–water partition coefficient (Wildman–Crippen LogP) is 3.59. The number of hydrogen-bond donors (Lipinski definition) is 3. The van der Waals surface area contributed by atoms with Crippen molar-refractivity contribution in [2.24, 2.45) is 0 Å². The normalized spacial score (nSPS) is 12.3. The Hall–Kier alpha value is -4.55. The van der Waals surface area contributed by atoms with Crippen LogP contribution in [0.25, 0.3) is 17.2 Å². The van der Waals surface area contributed by atoms with Crippen molar-refractivity contribution in [3.63, 3.8) is 0 Å². The number of aromatic nitrogens is 6. The number of carbonyl (C=O) groups is 2. The number of carbonyl (C=O) groups excluding carboxylic acids is 1. The van der Waals surface area contributed by atoms with Gasteiger partial charge in [0.05, 0.1) is 17.7 Å². The molecular formula is C24H22F3N7O3. The van der Waals surface area contributed by atoms with Crippen LogP contribution in [-0.4, -0.2) is 52.7 Å². The molecule has 0 aliphatic rings. The number of nitrogens with one attached hydrogen (secondary N) is 2. The fraction of sp³-hybridized carbons (Fsp3) is 0.250. The van der Waals surface area contributed by atoms with E-state index in [0.29, 0.717) is 12.2 Å². The van der Waals surface area contributed by atoms with Crippen molar-refractivity contribution in [2.45, 2.75) is 38.4 Å². The Balaban J connectivity index is 1.63. The number of carboxylic acid groups (broad SMARTS) is 1. The van der Waals surface area contributed by atoms with Crippen LogP contribution in [0.15, 0.2) is 55.1 Å². The summed E-state index contributed by atoms with van der Waals surface area (Å²) in [6.07, 6.45) is 1.64. The lowest BCUT2D eigenvalue weighted by Gasteiger charge is -2.15. The first-order valence-electron chi connectivity index (χ1n) is 11.2. The lowest BCUT2D eigenvalue weighted by atomic mass is 10.0. The lowest BCUT2D eigenvalue weighted by Crippen LogP contribution is -2.37. The summed E-state index contributed by atoms with van der Waals surface area (Å²) in [5.41, 5.74) is -0.455. The highest BCUT2D eigenvalue weighted by molar-refractivity contribution is 5.94. The second-order valence-electron chi connectivity index (χ2n) is 8.27. The molecule has 0 saturated carbocycles. The Morgan fingerprint density at radius 3 is 2.54 bits per heavy atom. The highest BCUT2D eigenvalue weighted by atomic mass is 19.4. The number of aryl methyl sites for hydroxylation is 2. The third kappa shape index (κ3) is 6.18. The highest BCUT2D eigenvalue weighted by Gasteiger charge is 2.35. The number of carboxylic acids is 1. The third-order valence-corrected chi connectivity index (χ3v) is 5.44. The van der Waals surface area contributed by atoms with Crippen LogP contribution in [0.5, 0.6) is 0 Å². The first-order valence-corrected chi connectivity index (χ1v) is 11.2. The van der Waals surface area contributed by atoms with Crippen LogP contribution >= 0.6 is 0 Å². The molecule has 3 aromatic heterocycles. The molecule has 4 rings (SSSR count). The van der Waals surface area contributed by atoms with Crippen molar-refractivity contribution in [2.75, 3.05) is 0 Å². The molecule has 0 unspecified atom stereocenters. The van der Waals surface area contributed by atoms with Crippen LogP contribution in [0.2, 0.25) is 0 Å². The maximum absolute atomic E-state index is 13.7. The number of halogens is 3. The Morgan fingerprint density at radius 2 is 1.89 bits per heavy atom. The van der Waals surface area contributed by atoms with Gasteiger partial charge in [0.15, 0.2) is 5.69 Å². The number of benzene rings is 1. The first-order chi connectivity index (χ1) is 17.6. The van der Waals surface area contributed by atoms with Gasteiger partial charge in [-0.25, -0.2) is 15.0 Å². The van der Waals surface area contributed by atoms with Crippen LogP contribution in [0, 0.1) is 6.92 Å². The molecule has 10 nitrogen and oxygen atoms in total. The van der Waals surface area contributed by atoms with Gasteiger partial charge in [0.2, 0.25) is 5.95 Å². The van der Waals surface area contributed by atoms with Crippen LogP contribution in [0.3, 0.4) is 0 Å². The number of hydrogen-bond acceptors (Lipinski definition) is 6. The third-order valence-electron chi connectivity index (χ3n) is 5.44. The van der Waals surface area contributed by atoms with Crippen LogP contribution in [0.1, 0.15) is 40.3 Å². The van der Waals surface area contributed by atoms with Gasteiger partial charge in [-0.15, -0.1) is 0 Å². The molecule has 1 amide bonds. The largest absolute Gasteiger partial charge is 0.481 e. The van der Waals surface area contributed by atoms with Crippen LogP contribution in [0.4, 0.5) is 13.2 Å². The van der Waals surface area contributed by atoms with E-state index in [4.69, 9.17) is 0 Å². The van der Waals surface area contributed by atoms with Crippen molar-refractivity contribution < 1.29 is 27.9 Å². The lowest BCUT2D eigenvalue weighted by molar-refractivity contribution is -0.138. The first kappa shape index (κ1) is 25.5. The van der Waals surface area contributed by atoms with Gasteiger partial charge in [0.1, 0.15) is 5.82 Å². The van der Waals surface area contributed by atoms with Crippen LogP contribution in [-0.2, 0) is 17.4 Å². The second-order valence-corrected chi connectivity index (χ2v) is 8.27. The van der Waals surface area contributed by atoms with E-state index in [9.17, 15) is 27.9 Å². The molecule has 192 valence electrons. The highest BCUT2D eigenvalue weighted by Crippen LogP contribution is 2.37. The molecule has 13 heteroatoms. The van der Waals surface area contributed by atoms with Gasteiger partial charge in [0, 0.05) is 42.8 Å². The molecule has 0 bridgehead atoms. The minimum atomic E-state index is -4.65. The maximum Gasteiger partial charge on any atom is 0.417 e. The number of aliphatic carboxylic acids is 1. The summed E-state index contributed by atoms with van der Waals surface area (Å²) in [5.74, 6) is -1.28. The molecule has 3 N–H and O–H groups in total. The zero-order valence-electron chi connectivity index (χ0n) is 19.5. The van der Waals surface area contributed by atoms with Gasteiger partial charge in [-0.2, -0.15) is 23.0 Å². The minimum Gasteiger partial charge on any atom is -0.481 e. The summed E-state index contributed by atoms with van der Waals surface area (Å²) >= 11 is 0. The number of amides is 1. The van der Waals surface area contributed by atoms with Gasteiger partial charge >= 0.3 is 12.1 Å². The average Bonchev–Trinajstić information content (AvgIpc) is 3.53. The Labute approximate surface area is 208 Å². The Bertz CT molecular complexity index is 1380. The number of alkyl halides is 3. The molecule has 1 atom stereocenters. The van der Waals surface area contributed by atoms with Crippen LogP contribution < -0.4 is 5.32 Å². The summed E-state index contributed by atoms with van der Waals surface area (Å²) in [4.78, 5) is 39.6. The summed E-state index contributed by atoms with van der Waals surface area (Å²) in [7, 11) is 0. The van der Waals surface area contributed by atoms with Gasteiger partial charge < -0.3 is 15.4 Å². The molecule has 0 aliphatic carbocycles. The van der Waals surface area contributed by atoms with Gasteiger partial charge in [-0.05, 0) is 31.0 Å². The standard InChI is InChI=1S/C24H22F3N7O3/c1-14-12-30-20(31-13-14)7-6-15(10-21(35)36)32-22(37)18-11-19(34(33-18)23-28-8-9-29-23)16-4-2-3-5-17(16)24(25,26)27/h2-5,8-9,11-13,15H,6-7,10H2,1H3,(H,28,29)(H,32,37)(H,35,36)/t15-/m0/s1. The molecule has 0 saturated heterocycles. The van der Waals surface area contributed by atoms with Crippen molar-refractivity contribution in [1.82, 2.24) is 35.0 Å². The van der Waals surface area contributed by atoms with Gasteiger partial charge in [0.25, 0.3) is 5.91 Å². The van der Waals surface area contributed by atoms with E-state index in [2.05, 4.69) is 30.4 Å². The molecule has 0 aliphatic heterocycles. The predicted molar refractivity (Wildman–Crippen MR) is 125 cm³/mol. The minimum absolute atomic E-state index is 0.0177. The molecule has 3 heterocycles. The number of H-pyrrole nitrogens is 1. The summed E-state index contributed by atoms with van der Waals surface area (Å²) < 4.78 is 42.2. The fourth-order valence-corrected chi connectivity index (χ4v) is 3.72. The maximum atomic E-state index is 13.7. The van der Waals surface area contributed by atoms with Crippen molar-refractivity contribution >= 4 is 11.9 Å². The zero-order chi connectivity index (χ0) is 26.6. The summed E-state index contributed by atoms with van der Waals surface area (Å²) in [6, 6.07) is 5.33. The fourth-order valence-electron chi connectivity index (χ4n) is 3.72. The van der Waals surface area contributed by atoms with E-state index < -0.39 is 29.7 Å². The molecule has 1 aromatic carbocycles. The molecule has 37 heavy (non-hydrogen) atoms. The molecule has 0 radical (unpaired) electrons. The zero-order valence-corrected chi connectivity index (χ0v) is 19.5. The van der Waals surface area contributed by atoms with E-state index in [-0.39, 0.29) is 35.7 Å².